The minimum atomic E-state index is -0.494. The molecule has 0 heterocycles. The molecule has 0 fully saturated rings. The zero-order valence-corrected chi connectivity index (χ0v) is 9.91. The standard InChI is InChI=1S/C12H22O2/c1-11(2)9-7-6-8-10-14-12(3,4)13-5/h6-9,11H,10H2,1-5H3/b8-6+,9-7+. The maximum Gasteiger partial charge on any atom is 0.162 e. The summed E-state index contributed by atoms with van der Waals surface area (Å²) in [6.07, 6.45) is 8.14. The highest BCUT2D eigenvalue weighted by atomic mass is 16.7. The molecule has 0 aliphatic rings. The van der Waals surface area contributed by atoms with E-state index in [0.29, 0.717) is 12.5 Å². The monoisotopic (exact) mass is 198 g/mol. The van der Waals surface area contributed by atoms with Crippen molar-refractivity contribution < 1.29 is 9.47 Å². The average molecular weight is 198 g/mol. The molecule has 0 aliphatic carbocycles. The summed E-state index contributed by atoms with van der Waals surface area (Å²) in [5, 5.41) is 0. The molecule has 0 aromatic heterocycles. The van der Waals surface area contributed by atoms with Gasteiger partial charge in [-0.05, 0) is 19.8 Å². The van der Waals surface area contributed by atoms with Gasteiger partial charge in [0.15, 0.2) is 5.79 Å². The van der Waals surface area contributed by atoms with Crippen molar-refractivity contribution in [3.8, 4) is 0 Å². The summed E-state index contributed by atoms with van der Waals surface area (Å²) in [6.45, 7) is 8.66. The third-order valence-electron chi connectivity index (χ3n) is 1.76. The molecule has 0 rings (SSSR count). The Labute approximate surface area is 87.6 Å². The van der Waals surface area contributed by atoms with Crippen LogP contribution in [0.25, 0.3) is 0 Å². The molecule has 0 saturated carbocycles. The van der Waals surface area contributed by atoms with Gasteiger partial charge in [-0.2, -0.15) is 0 Å². The minimum absolute atomic E-state index is 0.494. The molecule has 0 radical (unpaired) electrons. The fraction of sp³-hybridized carbons (Fsp3) is 0.667. The Morgan fingerprint density at radius 3 is 2.36 bits per heavy atom. The van der Waals surface area contributed by atoms with Gasteiger partial charge in [-0.25, -0.2) is 0 Å². The number of hydrogen-bond acceptors (Lipinski definition) is 2. The van der Waals surface area contributed by atoms with Crippen molar-refractivity contribution in [3.05, 3.63) is 24.3 Å². The summed E-state index contributed by atoms with van der Waals surface area (Å²) in [6, 6.07) is 0. The van der Waals surface area contributed by atoms with Crippen molar-refractivity contribution in [1.82, 2.24) is 0 Å². The highest BCUT2D eigenvalue weighted by Gasteiger charge is 2.14. The summed E-state index contributed by atoms with van der Waals surface area (Å²) in [7, 11) is 1.64. The Balaban J connectivity index is 3.64. The van der Waals surface area contributed by atoms with Crippen molar-refractivity contribution >= 4 is 0 Å². The SMILES string of the molecule is COC(C)(C)OC/C=C/C=C/C(C)C. The first-order valence-corrected chi connectivity index (χ1v) is 5.00. The zero-order chi connectivity index (χ0) is 11.0. The van der Waals surface area contributed by atoms with Crippen molar-refractivity contribution in [3.63, 3.8) is 0 Å². The van der Waals surface area contributed by atoms with Gasteiger partial charge in [0, 0.05) is 7.11 Å². The van der Waals surface area contributed by atoms with E-state index in [1.807, 2.05) is 32.1 Å². The molecule has 0 aliphatic heterocycles. The van der Waals surface area contributed by atoms with Crippen LogP contribution in [0.3, 0.4) is 0 Å². The van der Waals surface area contributed by atoms with Crippen LogP contribution in [-0.4, -0.2) is 19.5 Å². The minimum Gasteiger partial charge on any atom is -0.354 e. The van der Waals surface area contributed by atoms with E-state index in [4.69, 9.17) is 9.47 Å². The summed E-state index contributed by atoms with van der Waals surface area (Å²) in [5.74, 6) is 0.0996. The highest BCUT2D eigenvalue weighted by molar-refractivity contribution is 5.03. The van der Waals surface area contributed by atoms with Gasteiger partial charge in [-0.3, -0.25) is 0 Å². The predicted octanol–water partition coefficient (Wildman–Crippen LogP) is 3.15. The van der Waals surface area contributed by atoms with Gasteiger partial charge in [-0.1, -0.05) is 38.2 Å². The Hall–Kier alpha value is -0.600. The molecule has 0 aromatic rings. The van der Waals surface area contributed by atoms with Gasteiger partial charge in [0.25, 0.3) is 0 Å². The number of ether oxygens (including phenoxy) is 2. The van der Waals surface area contributed by atoms with Crippen LogP contribution in [0.5, 0.6) is 0 Å². The van der Waals surface area contributed by atoms with Crippen LogP contribution < -0.4 is 0 Å². The molecule has 0 N–H and O–H groups in total. The van der Waals surface area contributed by atoms with E-state index in [1.165, 1.54) is 0 Å². The van der Waals surface area contributed by atoms with Crippen LogP contribution in [0.2, 0.25) is 0 Å². The molecular weight excluding hydrogens is 176 g/mol. The fourth-order valence-electron chi connectivity index (χ4n) is 0.728. The lowest BCUT2D eigenvalue weighted by atomic mass is 10.2. The van der Waals surface area contributed by atoms with Crippen LogP contribution in [0.15, 0.2) is 24.3 Å². The normalized spacial score (nSPS) is 13.6. The zero-order valence-electron chi connectivity index (χ0n) is 9.91. The third kappa shape index (κ3) is 8.02. The van der Waals surface area contributed by atoms with Gasteiger partial charge >= 0.3 is 0 Å². The number of allylic oxidation sites excluding steroid dienone is 3. The first-order chi connectivity index (χ1) is 6.48. The van der Waals surface area contributed by atoms with Crippen LogP contribution in [0.4, 0.5) is 0 Å². The van der Waals surface area contributed by atoms with E-state index in [0.717, 1.165) is 0 Å². The van der Waals surface area contributed by atoms with Crippen LogP contribution in [0, 0.1) is 5.92 Å². The Morgan fingerprint density at radius 1 is 1.21 bits per heavy atom. The molecule has 0 unspecified atom stereocenters. The maximum absolute atomic E-state index is 5.44. The first kappa shape index (κ1) is 13.4. The molecule has 0 atom stereocenters. The third-order valence-corrected chi connectivity index (χ3v) is 1.76. The molecule has 2 nitrogen and oxygen atoms in total. The summed E-state index contributed by atoms with van der Waals surface area (Å²) >= 11 is 0. The van der Waals surface area contributed by atoms with Crippen LogP contribution >= 0.6 is 0 Å². The molecule has 0 saturated heterocycles. The van der Waals surface area contributed by atoms with E-state index in [1.54, 1.807) is 7.11 Å². The predicted molar refractivity (Wildman–Crippen MR) is 60.2 cm³/mol. The maximum atomic E-state index is 5.44. The molecule has 0 spiro atoms. The molecule has 14 heavy (non-hydrogen) atoms. The van der Waals surface area contributed by atoms with Crippen molar-refractivity contribution in [2.45, 2.75) is 33.5 Å². The molecular formula is C12H22O2. The smallest absolute Gasteiger partial charge is 0.162 e. The van der Waals surface area contributed by atoms with E-state index in [-0.39, 0.29) is 0 Å². The second kappa shape index (κ2) is 6.80. The summed E-state index contributed by atoms with van der Waals surface area (Å²) in [5.41, 5.74) is 0. The Bertz CT molecular complexity index is 190. The number of hydrogen-bond donors (Lipinski definition) is 0. The Morgan fingerprint density at radius 2 is 1.86 bits per heavy atom. The first-order valence-electron chi connectivity index (χ1n) is 5.00. The molecule has 2 heteroatoms. The lowest BCUT2D eigenvalue weighted by molar-refractivity contribution is -0.189. The fourth-order valence-corrected chi connectivity index (χ4v) is 0.728. The average Bonchev–Trinajstić information content (AvgIpc) is 2.10. The quantitative estimate of drug-likeness (QED) is 0.482. The lowest BCUT2D eigenvalue weighted by Crippen LogP contribution is -2.26. The van der Waals surface area contributed by atoms with Crippen molar-refractivity contribution in [1.29, 1.82) is 0 Å². The lowest BCUT2D eigenvalue weighted by Gasteiger charge is -2.22. The van der Waals surface area contributed by atoms with Gasteiger partial charge in [0.05, 0.1) is 6.61 Å². The second-order valence-corrected chi connectivity index (χ2v) is 3.97. The topological polar surface area (TPSA) is 18.5 Å². The van der Waals surface area contributed by atoms with Crippen molar-refractivity contribution in [2.24, 2.45) is 5.92 Å². The summed E-state index contributed by atoms with van der Waals surface area (Å²) < 4.78 is 10.6. The van der Waals surface area contributed by atoms with Crippen LogP contribution in [0.1, 0.15) is 27.7 Å². The number of rotatable bonds is 6. The van der Waals surface area contributed by atoms with E-state index in [9.17, 15) is 0 Å². The Kier molecular flexibility index (Phi) is 6.50. The number of methoxy groups -OCH3 is 1. The summed E-state index contributed by atoms with van der Waals surface area (Å²) in [4.78, 5) is 0. The molecule has 0 amide bonds. The van der Waals surface area contributed by atoms with E-state index < -0.39 is 5.79 Å². The second-order valence-electron chi connectivity index (χ2n) is 3.97. The largest absolute Gasteiger partial charge is 0.354 e. The highest BCUT2D eigenvalue weighted by Crippen LogP contribution is 2.08. The van der Waals surface area contributed by atoms with Gasteiger partial charge in [0.1, 0.15) is 0 Å². The molecule has 0 bridgehead atoms. The van der Waals surface area contributed by atoms with Gasteiger partial charge in [-0.15, -0.1) is 0 Å². The van der Waals surface area contributed by atoms with Gasteiger partial charge < -0.3 is 9.47 Å². The van der Waals surface area contributed by atoms with Crippen LogP contribution in [-0.2, 0) is 9.47 Å². The molecule has 82 valence electrons. The van der Waals surface area contributed by atoms with E-state index >= 15 is 0 Å². The molecule has 0 aromatic carbocycles. The van der Waals surface area contributed by atoms with Crippen molar-refractivity contribution in [2.75, 3.05) is 13.7 Å². The van der Waals surface area contributed by atoms with E-state index in [2.05, 4.69) is 19.9 Å². The van der Waals surface area contributed by atoms with Gasteiger partial charge in [0.2, 0.25) is 0 Å².